The van der Waals surface area contributed by atoms with Gasteiger partial charge >= 0.3 is 0 Å². The first-order valence-electron chi connectivity index (χ1n) is 10.9. The largest absolute Gasteiger partial charge is 0.439 e. The van der Waals surface area contributed by atoms with Crippen molar-refractivity contribution in [2.75, 3.05) is 18.5 Å². The highest BCUT2D eigenvalue weighted by molar-refractivity contribution is 5.59. The second-order valence-electron chi connectivity index (χ2n) is 8.02. The van der Waals surface area contributed by atoms with Gasteiger partial charge in [0.15, 0.2) is 0 Å². The molecule has 1 aromatic carbocycles. The van der Waals surface area contributed by atoms with Crippen LogP contribution < -0.4 is 10.1 Å². The molecule has 1 N–H and O–H groups in total. The van der Waals surface area contributed by atoms with Crippen LogP contribution in [0.25, 0.3) is 0 Å². The minimum absolute atomic E-state index is 0.308. The highest BCUT2D eigenvalue weighted by Gasteiger charge is 2.27. The number of nitrogens with zero attached hydrogens (tertiary/aromatic N) is 4. The lowest BCUT2D eigenvalue weighted by Crippen LogP contribution is -2.21. The third-order valence-corrected chi connectivity index (χ3v) is 5.88. The molecule has 1 fully saturated rings. The summed E-state index contributed by atoms with van der Waals surface area (Å²) in [7, 11) is 0. The van der Waals surface area contributed by atoms with Crippen molar-refractivity contribution in [2.24, 2.45) is 0 Å². The Morgan fingerprint density at radius 1 is 1.13 bits per heavy atom. The molecule has 0 bridgehead atoms. The molecule has 158 valence electrons. The third-order valence-electron chi connectivity index (χ3n) is 5.88. The van der Waals surface area contributed by atoms with Crippen LogP contribution in [0.2, 0.25) is 0 Å². The van der Waals surface area contributed by atoms with Gasteiger partial charge < -0.3 is 14.8 Å². The Morgan fingerprint density at radius 3 is 2.87 bits per heavy atom. The van der Waals surface area contributed by atoms with Crippen molar-refractivity contribution < 1.29 is 9.47 Å². The Balaban J connectivity index is 1.42. The summed E-state index contributed by atoms with van der Waals surface area (Å²) in [6, 6.07) is 13.5. The maximum atomic E-state index is 9.12. The first-order valence-corrected chi connectivity index (χ1v) is 10.9. The number of ether oxygens (including phenoxy) is 2. The van der Waals surface area contributed by atoms with Crippen LogP contribution in [-0.2, 0) is 17.6 Å². The zero-order valence-electron chi connectivity index (χ0n) is 17.4. The van der Waals surface area contributed by atoms with E-state index in [0.29, 0.717) is 17.4 Å². The van der Waals surface area contributed by atoms with Gasteiger partial charge in [0.2, 0.25) is 5.88 Å². The van der Waals surface area contributed by atoms with Crippen LogP contribution in [0.3, 0.4) is 0 Å². The molecular formula is C24H25N5O2. The Kier molecular flexibility index (Phi) is 5.55. The van der Waals surface area contributed by atoms with E-state index in [2.05, 4.69) is 21.1 Å². The summed E-state index contributed by atoms with van der Waals surface area (Å²) in [4.78, 5) is 4.41. The number of pyridine rings is 1. The Labute approximate surface area is 181 Å². The molecule has 5 rings (SSSR count). The first kappa shape index (κ1) is 19.6. The van der Waals surface area contributed by atoms with Gasteiger partial charge in [-0.15, -0.1) is 0 Å². The molecule has 7 nitrogen and oxygen atoms in total. The molecule has 0 saturated carbocycles. The van der Waals surface area contributed by atoms with Crippen molar-refractivity contribution in [2.45, 2.75) is 44.6 Å². The quantitative estimate of drug-likeness (QED) is 0.637. The second kappa shape index (κ2) is 8.78. The normalized spacial score (nSPS) is 16.4. The van der Waals surface area contributed by atoms with E-state index in [4.69, 9.17) is 19.8 Å². The highest BCUT2D eigenvalue weighted by Crippen LogP contribution is 2.37. The second-order valence-corrected chi connectivity index (χ2v) is 8.02. The Morgan fingerprint density at radius 2 is 2.00 bits per heavy atom. The fourth-order valence-electron chi connectivity index (χ4n) is 4.30. The molecule has 31 heavy (non-hydrogen) atoms. The minimum Gasteiger partial charge on any atom is -0.439 e. The molecule has 7 heteroatoms. The zero-order valence-corrected chi connectivity index (χ0v) is 17.4. The number of nitrogens with one attached hydrogen (secondary N) is 1. The minimum atomic E-state index is 0.308. The van der Waals surface area contributed by atoms with E-state index in [1.54, 1.807) is 18.3 Å². The van der Waals surface area contributed by atoms with Crippen molar-refractivity contribution in [3.63, 3.8) is 0 Å². The summed E-state index contributed by atoms with van der Waals surface area (Å²) in [5.41, 5.74) is 3.83. The summed E-state index contributed by atoms with van der Waals surface area (Å²) in [6.07, 6.45) is 8.01. The van der Waals surface area contributed by atoms with E-state index in [-0.39, 0.29) is 0 Å². The fourth-order valence-corrected chi connectivity index (χ4v) is 4.30. The average molecular weight is 415 g/mol. The van der Waals surface area contributed by atoms with Crippen molar-refractivity contribution in [3.8, 4) is 17.7 Å². The predicted octanol–water partition coefficient (Wildman–Crippen LogP) is 4.92. The summed E-state index contributed by atoms with van der Waals surface area (Å²) >= 11 is 0. The first-order chi connectivity index (χ1) is 15.3. The van der Waals surface area contributed by atoms with E-state index >= 15 is 0 Å². The van der Waals surface area contributed by atoms with Crippen molar-refractivity contribution >= 4 is 11.5 Å². The van der Waals surface area contributed by atoms with Crippen LogP contribution in [0, 0.1) is 11.3 Å². The number of fused-ring (bicyclic) bond motifs is 1. The van der Waals surface area contributed by atoms with Gasteiger partial charge in [0.05, 0.1) is 23.4 Å². The van der Waals surface area contributed by atoms with Gasteiger partial charge in [-0.25, -0.2) is 9.67 Å². The third kappa shape index (κ3) is 4.25. The summed E-state index contributed by atoms with van der Waals surface area (Å²) in [6.45, 7) is 1.53. The van der Waals surface area contributed by atoms with Crippen LogP contribution in [0.4, 0.5) is 11.5 Å². The molecule has 0 unspecified atom stereocenters. The molecule has 0 atom stereocenters. The van der Waals surface area contributed by atoms with Gasteiger partial charge in [-0.3, -0.25) is 0 Å². The number of hydrogen-bond donors (Lipinski definition) is 1. The molecular weight excluding hydrogens is 390 g/mol. The van der Waals surface area contributed by atoms with Crippen molar-refractivity contribution in [1.29, 1.82) is 5.26 Å². The number of rotatable bonds is 5. The SMILES string of the molecule is N#Cc1cccc(Nc2cc(Oc3c4c(nn3C3CCOCC3)CCCC4)ccn2)c1. The summed E-state index contributed by atoms with van der Waals surface area (Å²) < 4.78 is 14.1. The number of aryl methyl sites for hydroxylation is 1. The number of benzene rings is 1. The van der Waals surface area contributed by atoms with Crippen LogP contribution in [0.5, 0.6) is 11.6 Å². The molecule has 2 aromatic heterocycles. The van der Waals surface area contributed by atoms with Gasteiger partial charge in [-0.2, -0.15) is 10.4 Å². The number of anilines is 2. The van der Waals surface area contributed by atoms with Crippen LogP contribution >= 0.6 is 0 Å². The Hall–Kier alpha value is -3.37. The zero-order chi connectivity index (χ0) is 21.0. The van der Waals surface area contributed by atoms with E-state index in [1.807, 2.05) is 24.3 Å². The average Bonchev–Trinajstić information content (AvgIpc) is 3.18. The van der Waals surface area contributed by atoms with E-state index < -0.39 is 0 Å². The molecule has 1 aliphatic carbocycles. The monoisotopic (exact) mass is 415 g/mol. The van der Waals surface area contributed by atoms with E-state index in [1.165, 1.54) is 24.1 Å². The molecule has 1 aliphatic heterocycles. The molecule has 3 heterocycles. The lowest BCUT2D eigenvalue weighted by Gasteiger charge is -2.24. The molecule has 3 aromatic rings. The highest BCUT2D eigenvalue weighted by atomic mass is 16.5. The fraction of sp³-hybridized carbons (Fsp3) is 0.375. The Bertz CT molecular complexity index is 1110. The smallest absolute Gasteiger partial charge is 0.221 e. The van der Waals surface area contributed by atoms with Crippen LogP contribution in [0.15, 0.2) is 42.6 Å². The molecule has 0 amide bonds. The van der Waals surface area contributed by atoms with Gasteiger partial charge in [0, 0.05) is 36.7 Å². The standard InChI is InChI=1S/C24H25N5O2/c25-16-17-4-3-5-18(14-17)27-23-15-20(8-11-26-23)31-24-21-6-1-2-7-22(21)28-29(24)19-9-12-30-13-10-19/h3-5,8,11,14-15,19H,1-2,6-7,9-10,12-13H2,(H,26,27). The summed E-state index contributed by atoms with van der Waals surface area (Å²) in [5, 5.41) is 17.3. The summed E-state index contributed by atoms with van der Waals surface area (Å²) in [5.74, 6) is 2.25. The van der Waals surface area contributed by atoms with Gasteiger partial charge in [-0.1, -0.05) is 6.07 Å². The number of aromatic nitrogens is 3. The van der Waals surface area contributed by atoms with Gasteiger partial charge in [0.25, 0.3) is 0 Å². The van der Waals surface area contributed by atoms with E-state index in [0.717, 1.165) is 56.2 Å². The topological polar surface area (TPSA) is 85.0 Å². The van der Waals surface area contributed by atoms with E-state index in [9.17, 15) is 0 Å². The maximum Gasteiger partial charge on any atom is 0.221 e. The number of nitriles is 1. The van der Waals surface area contributed by atoms with Gasteiger partial charge in [-0.05, 0) is 62.8 Å². The lowest BCUT2D eigenvalue weighted by atomic mass is 9.98. The molecule has 0 radical (unpaired) electrons. The van der Waals surface area contributed by atoms with Crippen LogP contribution in [0.1, 0.15) is 48.5 Å². The molecule has 1 saturated heterocycles. The predicted molar refractivity (Wildman–Crippen MR) is 117 cm³/mol. The number of hydrogen-bond acceptors (Lipinski definition) is 6. The van der Waals surface area contributed by atoms with Crippen LogP contribution in [-0.4, -0.2) is 28.0 Å². The molecule has 0 spiro atoms. The maximum absolute atomic E-state index is 9.12. The van der Waals surface area contributed by atoms with Gasteiger partial charge in [0.1, 0.15) is 11.6 Å². The molecule has 2 aliphatic rings. The van der Waals surface area contributed by atoms with Crippen molar-refractivity contribution in [3.05, 3.63) is 59.4 Å². The lowest BCUT2D eigenvalue weighted by molar-refractivity contribution is 0.0641. The van der Waals surface area contributed by atoms with Crippen molar-refractivity contribution in [1.82, 2.24) is 14.8 Å².